The number of hydrogen-bond donors (Lipinski definition) is 1. The van der Waals surface area contributed by atoms with Crippen LogP contribution >= 0.6 is 11.3 Å². The van der Waals surface area contributed by atoms with E-state index in [1.165, 1.54) is 11.3 Å². The van der Waals surface area contributed by atoms with Crippen LogP contribution in [0.1, 0.15) is 26.8 Å². The van der Waals surface area contributed by atoms with Gasteiger partial charge in [0.25, 0.3) is 5.91 Å². The van der Waals surface area contributed by atoms with Crippen molar-refractivity contribution >= 4 is 33.1 Å². The molecule has 2 rings (SSSR count). The van der Waals surface area contributed by atoms with E-state index >= 15 is 0 Å². The van der Waals surface area contributed by atoms with Crippen molar-refractivity contribution in [2.24, 2.45) is 0 Å². The number of thiazole rings is 1. The van der Waals surface area contributed by atoms with E-state index in [1.807, 2.05) is 0 Å². The Morgan fingerprint density at radius 2 is 2.10 bits per heavy atom. The molecule has 116 valence electrons. The number of sulfone groups is 1. The number of hydrogen-bond acceptors (Lipinski definition) is 6. The molecule has 9 heteroatoms. The maximum absolute atomic E-state index is 12.6. The average molecular weight is 332 g/mol. The van der Waals surface area contributed by atoms with Crippen LogP contribution in [0, 0.1) is 13.8 Å². The lowest BCUT2D eigenvalue weighted by Crippen LogP contribution is -2.44. The van der Waals surface area contributed by atoms with Gasteiger partial charge in [0, 0.05) is 6.04 Å². The molecular formula is C12H16N2O5S2. The minimum atomic E-state index is -3.20. The Morgan fingerprint density at radius 1 is 1.43 bits per heavy atom. The van der Waals surface area contributed by atoms with Gasteiger partial charge in [0.05, 0.1) is 22.2 Å². The minimum absolute atomic E-state index is 0.0121. The average Bonchev–Trinajstić information content (AvgIpc) is 2.87. The summed E-state index contributed by atoms with van der Waals surface area (Å²) in [5.41, 5.74) is 0.541. The second kappa shape index (κ2) is 5.72. The van der Waals surface area contributed by atoms with E-state index in [2.05, 4.69) is 4.98 Å². The van der Waals surface area contributed by atoms with E-state index in [-0.39, 0.29) is 17.9 Å². The number of carboxylic acids is 1. The van der Waals surface area contributed by atoms with Gasteiger partial charge in [0.2, 0.25) is 0 Å². The molecular weight excluding hydrogens is 316 g/mol. The standard InChI is InChI=1S/C12H16N2O5S2/c1-7-11(20-8(2)13-7)12(17)14(5-10(15)16)9-3-4-21(18,19)6-9/h9H,3-6H2,1-2H3,(H,15,16). The lowest BCUT2D eigenvalue weighted by atomic mass is 10.2. The molecule has 0 bridgehead atoms. The summed E-state index contributed by atoms with van der Waals surface area (Å²) in [6.07, 6.45) is 0.276. The highest BCUT2D eigenvalue weighted by Crippen LogP contribution is 2.24. The molecule has 1 aliphatic heterocycles. The monoisotopic (exact) mass is 332 g/mol. The smallest absolute Gasteiger partial charge is 0.323 e. The molecule has 0 radical (unpaired) electrons. The molecule has 1 atom stereocenters. The molecule has 1 saturated heterocycles. The van der Waals surface area contributed by atoms with Crippen LogP contribution in [0.3, 0.4) is 0 Å². The van der Waals surface area contributed by atoms with E-state index in [4.69, 9.17) is 5.11 Å². The Morgan fingerprint density at radius 3 is 2.52 bits per heavy atom. The van der Waals surface area contributed by atoms with Crippen LogP contribution in [0.4, 0.5) is 0 Å². The van der Waals surface area contributed by atoms with Gasteiger partial charge < -0.3 is 10.0 Å². The zero-order chi connectivity index (χ0) is 15.8. The van der Waals surface area contributed by atoms with Crippen LogP contribution in [0.5, 0.6) is 0 Å². The third-order valence-corrected chi connectivity index (χ3v) is 6.12. The van der Waals surface area contributed by atoms with Crippen LogP contribution < -0.4 is 0 Å². The lowest BCUT2D eigenvalue weighted by molar-refractivity contribution is -0.138. The summed E-state index contributed by atoms with van der Waals surface area (Å²) in [6, 6.07) is -0.583. The summed E-state index contributed by atoms with van der Waals surface area (Å²) >= 11 is 1.19. The largest absolute Gasteiger partial charge is 0.480 e. The molecule has 1 aliphatic rings. The zero-order valence-corrected chi connectivity index (χ0v) is 13.3. The van der Waals surface area contributed by atoms with Crippen molar-refractivity contribution in [3.8, 4) is 0 Å². The second-order valence-corrected chi connectivity index (χ2v) is 8.46. The van der Waals surface area contributed by atoms with Crippen molar-refractivity contribution in [2.45, 2.75) is 26.3 Å². The van der Waals surface area contributed by atoms with Gasteiger partial charge in [0.15, 0.2) is 9.84 Å². The summed E-state index contributed by atoms with van der Waals surface area (Å²) in [6.45, 7) is 2.94. The second-order valence-electron chi connectivity index (χ2n) is 5.03. The summed E-state index contributed by atoms with van der Waals surface area (Å²) in [4.78, 5) is 29.2. The number of carboxylic acid groups (broad SMARTS) is 1. The fraction of sp³-hybridized carbons (Fsp3) is 0.583. The van der Waals surface area contributed by atoms with Crippen LogP contribution in [0.15, 0.2) is 0 Å². The SMILES string of the molecule is Cc1nc(C)c(C(=O)N(CC(=O)O)C2CCS(=O)(=O)C2)s1. The van der Waals surface area contributed by atoms with E-state index in [1.54, 1.807) is 13.8 Å². The van der Waals surface area contributed by atoms with Crippen LogP contribution in [0.25, 0.3) is 0 Å². The number of amides is 1. The summed E-state index contributed by atoms with van der Waals surface area (Å²) in [5.74, 6) is -1.81. The molecule has 2 heterocycles. The number of aryl methyl sites for hydroxylation is 2. The van der Waals surface area contributed by atoms with Crippen LogP contribution in [-0.2, 0) is 14.6 Å². The fourth-order valence-corrected chi connectivity index (χ4v) is 5.00. The van der Waals surface area contributed by atoms with Gasteiger partial charge in [-0.25, -0.2) is 13.4 Å². The molecule has 21 heavy (non-hydrogen) atoms. The normalized spacial score (nSPS) is 20.4. The summed E-state index contributed by atoms with van der Waals surface area (Å²) in [5, 5.41) is 9.70. The highest BCUT2D eigenvalue weighted by molar-refractivity contribution is 7.91. The lowest BCUT2D eigenvalue weighted by Gasteiger charge is -2.26. The first-order valence-corrected chi connectivity index (χ1v) is 9.00. The third kappa shape index (κ3) is 3.59. The van der Waals surface area contributed by atoms with Gasteiger partial charge in [-0.05, 0) is 20.3 Å². The number of aromatic nitrogens is 1. The molecule has 0 aliphatic carbocycles. The van der Waals surface area contributed by atoms with Gasteiger partial charge in [-0.3, -0.25) is 9.59 Å². The molecule has 1 amide bonds. The molecule has 1 unspecified atom stereocenters. The number of rotatable bonds is 4. The Labute approximate surface area is 126 Å². The number of aliphatic carboxylic acids is 1. The summed E-state index contributed by atoms with van der Waals surface area (Å²) < 4.78 is 23.1. The first-order chi connectivity index (χ1) is 9.69. The molecule has 0 aromatic carbocycles. The van der Waals surface area contributed by atoms with Crippen molar-refractivity contribution in [2.75, 3.05) is 18.1 Å². The zero-order valence-electron chi connectivity index (χ0n) is 11.7. The van der Waals surface area contributed by atoms with Crippen molar-refractivity contribution in [3.05, 3.63) is 15.6 Å². The number of carbonyl (C=O) groups is 2. The topological polar surface area (TPSA) is 105 Å². The van der Waals surface area contributed by atoms with Gasteiger partial charge >= 0.3 is 5.97 Å². The van der Waals surface area contributed by atoms with Crippen molar-refractivity contribution in [1.82, 2.24) is 9.88 Å². The quantitative estimate of drug-likeness (QED) is 0.859. The van der Waals surface area contributed by atoms with Crippen molar-refractivity contribution < 1.29 is 23.1 Å². The van der Waals surface area contributed by atoms with Crippen LogP contribution in [-0.4, -0.2) is 59.4 Å². The molecule has 1 N–H and O–H groups in total. The predicted molar refractivity (Wildman–Crippen MR) is 77.3 cm³/mol. The summed E-state index contributed by atoms with van der Waals surface area (Å²) in [7, 11) is -3.20. The van der Waals surface area contributed by atoms with Crippen LogP contribution in [0.2, 0.25) is 0 Å². The van der Waals surface area contributed by atoms with E-state index < -0.39 is 34.3 Å². The number of carbonyl (C=O) groups excluding carboxylic acids is 1. The molecule has 1 aromatic heterocycles. The van der Waals surface area contributed by atoms with Crippen molar-refractivity contribution in [3.63, 3.8) is 0 Å². The first kappa shape index (κ1) is 15.9. The Hall–Kier alpha value is -1.48. The molecule has 7 nitrogen and oxygen atoms in total. The third-order valence-electron chi connectivity index (χ3n) is 3.31. The Bertz CT molecular complexity index is 680. The van der Waals surface area contributed by atoms with Gasteiger partial charge in [-0.2, -0.15) is 0 Å². The Kier molecular flexibility index (Phi) is 4.33. The predicted octanol–water partition coefficient (Wildman–Crippen LogP) is 0.474. The first-order valence-electron chi connectivity index (χ1n) is 6.37. The fourth-order valence-electron chi connectivity index (χ4n) is 2.39. The highest BCUT2D eigenvalue weighted by Gasteiger charge is 2.36. The minimum Gasteiger partial charge on any atom is -0.480 e. The van der Waals surface area contributed by atoms with Crippen molar-refractivity contribution in [1.29, 1.82) is 0 Å². The molecule has 0 saturated carbocycles. The van der Waals surface area contributed by atoms with E-state index in [0.29, 0.717) is 15.6 Å². The maximum atomic E-state index is 12.6. The van der Waals surface area contributed by atoms with Gasteiger partial charge in [-0.15, -0.1) is 11.3 Å². The molecule has 0 spiro atoms. The van der Waals surface area contributed by atoms with E-state index in [0.717, 1.165) is 4.90 Å². The molecule has 1 aromatic rings. The van der Waals surface area contributed by atoms with Gasteiger partial charge in [0.1, 0.15) is 11.4 Å². The number of nitrogens with zero attached hydrogens (tertiary/aromatic N) is 2. The van der Waals surface area contributed by atoms with Gasteiger partial charge in [-0.1, -0.05) is 0 Å². The van der Waals surface area contributed by atoms with E-state index in [9.17, 15) is 18.0 Å². The highest BCUT2D eigenvalue weighted by atomic mass is 32.2. The molecule has 1 fully saturated rings. The Balaban J connectivity index is 2.30. The maximum Gasteiger partial charge on any atom is 0.323 e.